The molecule has 3 heterocycles. The molecule has 33 heavy (non-hydrogen) atoms. The number of likely N-dealkylation sites (tertiary alicyclic amines) is 1. The quantitative estimate of drug-likeness (QED) is 0.650. The summed E-state index contributed by atoms with van der Waals surface area (Å²) in [5, 5.41) is 4.64. The fraction of sp³-hybridized carbons (Fsp3) is 0.652. The Hall–Kier alpha value is -1.94. The number of hydrogen-bond donors (Lipinski definition) is 0. The molecule has 1 aliphatic carbocycles. The second-order valence-electron chi connectivity index (χ2n) is 10.3. The van der Waals surface area contributed by atoms with Crippen molar-refractivity contribution < 1.29 is 21.6 Å². The Morgan fingerprint density at radius 2 is 1.82 bits per heavy atom. The molecule has 2 saturated heterocycles. The number of aromatic nitrogens is 3. The van der Waals surface area contributed by atoms with Gasteiger partial charge in [-0.25, -0.2) is 18.1 Å². The van der Waals surface area contributed by atoms with Gasteiger partial charge >= 0.3 is 6.18 Å². The highest BCUT2D eigenvalue weighted by molar-refractivity contribution is 7.92. The van der Waals surface area contributed by atoms with Gasteiger partial charge in [0.2, 0.25) is 0 Å². The Morgan fingerprint density at radius 1 is 1.12 bits per heavy atom. The van der Waals surface area contributed by atoms with Crippen LogP contribution in [0.5, 0.6) is 0 Å². The molecule has 3 fully saturated rings. The van der Waals surface area contributed by atoms with Crippen molar-refractivity contribution >= 4 is 9.84 Å². The van der Waals surface area contributed by atoms with Crippen molar-refractivity contribution in [2.45, 2.75) is 63.7 Å². The summed E-state index contributed by atoms with van der Waals surface area (Å²) in [7, 11) is -2.83. The Kier molecular flexibility index (Phi) is 5.39. The van der Waals surface area contributed by atoms with Gasteiger partial charge in [-0.05, 0) is 58.2 Å². The van der Waals surface area contributed by atoms with E-state index >= 15 is 0 Å². The molecule has 5 rings (SSSR count). The van der Waals surface area contributed by atoms with E-state index in [1.54, 1.807) is 0 Å². The molecular formula is C23H29F3N4O2S. The number of nitrogens with zero attached hydrogens (tertiary/aromatic N) is 4. The molecule has 3 aliphatic rings. The molecule has 10 heteroatoms. The van der Waals surface area contributed by atoms with E-state index in [1.165, 1.54) is 12.1 Å². The van der Waals surface area contributed by atoms with Gasteiger partial charge in [-0.2, -0.15) is 18.3 Å². The molecule has 1 aromatic heterocycles. The Labute approximate surface area is 192 Å². The Bertz CT molecular complexity index is 1130. The second-order valence-corrected chi connectivity index (χ2v) is 12.4. The highest BCUT2D eigenvalue weighted by Gasteiger charge is 2.53. The molecule has 1 saturated carbocycles. The van der Waals surface area contributed by atoms with Crippen LogP contribution in [0.15, 0.2) is 24.3 Å². The summed E-state index contributed by atoms with van der Waals surface area (Å²) in [6.07, 6.45) is -0.460. The summed E-state index contributed by atoms with van der Waals surface area (Å²) in [6.45, 7) is 5.86. The van der Waals surface area contributed by atoms with E-state index in [-0.39, 0.29) is 17.4 Å². The molecule has 1 spiro atoms. The van der Waals surface area contributed by atoms with Crippen LogP contribution in [0, 0.1) is 5.41 Å². The average Bonchev–Trinajstić information content (AvgIpc) is 3.44. The van der Waals surface area contributed by atoms with Crippen molar-refractivity contribution in [3.63, 3.8) is 0 Å². The van der Waals surface area contributed by atoms with Gasteiger partial charge < -0.3 is 0 Å². The van der Waals surface area contributed by atoms with Gasteiger partial charge in [0, 0.05) is 35.5 Å². The van der Waals surface area contributed by atoms with Crippen LogP contribution in [0.1, 0.15) is 62.9 Å². The maximum absolute atomic E-state index is 12.9. The van der Waals surface area contributed by atoms with Crippen LogP contribution >= 0.6 is 0 Å². The lowest BCUT2D eigenvalue weighted by Gasteiger charge is -2.38. The van der Waals surface area contributed by atoms with Gasteiger partial charge in [-0.15, -0.1) is 0 Å². The van der Waals surface area contributed by atoms with E-state index in [2.05, 4.69) is 10.00 Å². The molecule has 0 amide bonds. The predicted octanol–water partition coefficient (Wildman–Crippen LogP) is 4.30. The highest BCUT2D eigenvalue weighted by atomic mass is 32.2. The van der Waals surface area contributed by atoms with Crippen molar-refractivity contribution in [2.75, 3.05) is 24.6 Å². The van der Waals surface area contributed by atoms with Crippen LogP contribution in [0.2, 0.25) is 0 Å². The van der Waals surface area contributed by atoms with E-state index < -0.39 is 21.6 Å². The molecule has 0 radical (unpaired) electrons. The first-order chi connectivity index (χ1) is 15.4. The minimum Gasteiger partial charge on any atom is -0.300 e. The number of rotatable bonds is 4. The van der Waals surface area contributed by atoms with Gasteiger partial charge in [0.05, 0.1) is 17.1 Å². The topological polar surface area (TPSA) is 68.1 Å². The third-order valence-electron chi connectivity index (χ3n) is 7.42. The maximum atomic E-state index is 12.9. The first kappa shape index (κ1) is 22.8. The molecule has 2 aromatic rings. The zero-order chi connectivity index (χ0) is 23.6. The highest BCUT2D eigenvalue weighted by Crippen LogP contribution is 2.45. The van der Waals surface area contributed by atoms with Crippen LogP contribution < -0.4 is 0 Å². The van der Waals surface area contributed by atoms with E-state index in [0.717, 1.165) is 56.7 Å². The zero-order valence-electron chi connectivity index (χ0n) is 18.8. The molecule has 0 bridgehead atoms. The zero-order valence-corrected chi connectivity index (χ0v) is 19.7. The van der Waals surface area contributed by atoms with E-state index in [0.29, 0.717) is 28.9 Å². The number of halogens is 3. The van der Waals surface area contributed by atoms with Crippen molar-refractivity contribution in [3.8, 4) is 11.4 Å². The lowest BCUT2D eigenvalue weighted by molar-refractivity contribution is -0.137. The van der Waals surface area contributed by atoms with Gasteiger partial charge in [-0.1, -0.05) is 12.1 Å². The predicted molar refractivity (Wildman–Crippen MR) is 119 cm³/mol. The van der Waals surface area contributed by atoms with Crippen LogP contribution in [0.3, 0.4) is 0 Å². The summed E-state index contributed by atoms with van der Waals surface area (Å²) in [5.74, 6) is 2.23. The molecule has 2 atom stereocenters. The lowest BCUT2D eigenvalue weighted by Crippen LogP contribution is -2.50. The van der Waals surface area contributed by atoms with Crippen molar-refractivity contribution in [3.05, 3.63) is 35.7 Å². The van der Waals surface area contributed by atoms with Crippen LogP contribution in [0.25, 0.3) is 11.4 Å². The van der Waals surface area contributed by atoms with Gasteiger partial charge in [-0.3, -0.25) is 4.90 Å². The first-order valence-corrected chi connectivity index (χ1v) is 13.4. The lowest BCUT2D eigenvalue weighted by atomic mass is 9.91. The third-order valence-corrected chi connectivity index (χ3v) is 9.53. The van der Waals surface area contributed by atoms with E-state index in [9.17, 15) is 21.6 Å². The number of alkyl halides is 3. The Balaban J connectivity index is 1.32. The van der Waals surface area contributed by atoms with Crippen LogP contribution in [-0.4, -0.2) is 58.7 Å². The summed E-state index contributed by atoms with van der Waals surface area (Å²) in [5.41, 5.74) is -0.146. The molecule has 180 valence electrons. The SMILES string of the molecule is CC(C)n1nc(-c2ccc(C(F)(F)F)cc2)nc1[C@H]1CC[C@@H](N2CCC3(C2)CS(=O)(=O)C3)C1. The fourth-order valence-electron chi connectivity index (χ4n) is 5.86. The summed E-state index contributed by atoms with van der Waals surface area (Å²) < 4.78 is 64.1. The van der Waals surface area contributed by atoms with Crippen molar-refractivity contribution in [1.82, 2.24) is 19.7 Å². The Morgan fingerprint density at radius 3 is 2.42 bits per heavy atom. The van der Waals surface area contributed by atoms with Crippen molar-refractivity contribution in [2.24, 2.45) is 5.41 Å². The van der Waals surface area contributed by atoms with Crippen LogP contribution in [-0.2, 0) is 16.0 Å². The minimum atomic E-state index is -4.37. The molecule has 1 aromatic carbocycles. The molecule has 6 nitrogen and oxygen atoms in total. The molecule has 0 unspecified atom stereocenters. The smallest absolute Gasteiger partial charge is 0.300 e. The fourth-order valence-corrected chi connectivity index (χ4v) is 8.11. The average molecular weight is 483 g/mol. The largest absolute Gasteiger partial charge is 0.416 e. The molecule has 0 N–H and O–H groups in total. The molecular weight excluding hydrogens is 453 g/mol. The normalized spacial score (nSPS) is 26.8. The number of hydrogen-bond acceptors (Lipinski definition) is 5. The third kappa shape index (κ3) is 4.32. The summed E-state index contributed by atoms with van der Waals surface area (Å²) in [6, 6.07) is 5.50. The van der Waals surface area contributed by atoms with Gasteiger partial charge in [0.25, 0.3) is 0 Å². The van der Waals surface area contributed by atoms with Crippen molar-refractivity contribution in [1.29, 1.82) is 0 Å². The minimum absolute atomic E-state index is 0.0371. The molecule has 2 aliphatic heterocycles. The standard InChI is InChI=1S/C23H29F3N4O2S/c1-15(2)30-21(27-20(28-30)16-3-6-18(7-4-16)23(24,25)26)17-5-8-19(11-17)29-10-9-22(12-29)13-33(31,32)14-22/h3-4,6-7,15,17,19H,5,8-14H2,1-2H3/t17-,19+/m0/s1. The summed E-state index contributed by atoms with van der Waals surface area (Å²) in [4.78, 5) is 7.24. The number of benzene rings is 1. The van der Waals surface area contributed by atoms with E-state index in [4.69, 9.17) is 4.98 Å². The monoisotopic (exact) mass is 482 g/mol. The number of sulfone groups is 1. The maximum Gasteiger partial charge on any atom is 0.416 e. The summed E-state index contributed by atoms with van der Waals surface area (Å²) >= 11 is 0. The van der Waals surface area contributed by atoms with E-state index in [1.807, 2.05) is 18.5 Å². The van der Waals surface area contributed by atoms with Crippen LogP contribution in [0.4, 0.5) is 13.2 Å². The second kappa shape index (κ2) is 7.80. The van der Waals surface area contributed by atoms with Gasteiger partial charge in [0.1, 0.15) is 5.82 Å². The van der Waals surface area contributed by atoms with Gasteiger partial charge in [0.15, 0.2) is 15.7 Å². The first-order valence-electron chi connectivity index (χ1n) is 11.5.